The van der Waals surface area contributed by atoms with Crippen LogP contribution in [0.15, 0.2) is 17.0 Å². The Hall–Kier alpha value is -0.580. The first kappa shape index (κ1) is 14.5. The number of thioether (sulfide) groups is 1. The van der Waals surface area contributed by atoms with Crippen molar-refractivity contribution in [2.24, 2.45) is 0 Å². The van der Waals surface area contributed by atoms with Crippen molar-refractivity contribution in [3.05, 3.63) is 29.1 Å². The highest BCUT2D eigenvalue weighted by Crippen LogP contribution is 2.30. The predicted octanol–water partition coefficient (Wildman–Crippen LogP) is 3.32. The lowest BCUT2D eigenvalue weighted by atomic mass is 10.1. The molecule has 0 radical (unpaired) electrons. The molecule has 17 heavy (non-hydrogen) atoms. The highest BCUT2D eigenvalue weighted by molar-refractivity contribution is 7.99. The van der Waals surface area contributed by atoms with Crippen molar-refractivity contribution in [1.82, 2.24) is 0 Å². The zero-order valence-electron chi connectivity index (χ0n) is 10.5. The Morgan fingerprint density at radius 1 is 1.47 bits per heavy atom. The third-order valence-electron chi connectivity index (χ3n) is 2.49. The van der Waals surface area contributed by atoms with Gasteiger partial charge >= 0.3 is 0 Å². The highest BCUT2D eigenvalue weighted by Gasteiger charge is 2.11. The standard InChI is InChI=1S/C13H19FO2S/c1-9-7-13(17-6-4-5-16-3)11(10(2)15)8-12(9)14/h7-8,10,15H,4-6H2,1-3H3/t10-/m0/s1. The molecule has 0 aromatic heterocycles. The van der Waals surface area contributed by atoms with E-state index in [1.54, 1.807) is 38.8 Å². The molecule has 0 unspecified atom stereocenters. The number of benzene rings is 1. The molecule has 1 rings (SSSR count). The van der Waals surface area contributed by atoms with Crippen LogP contribution < -0.4 is 0 Å². The summed E-state index contributed by atoms with van der Waals surface area (Å²) >= 11 is 1.63. The molecule has 0 aliphatic rings. The van der Waals surface area contributed by atoms with Crippen LogP contribution in [0.2, 0.25) is 0 Å². The molecule has 0 bridgehead atoms. The molecule has 0 amide bonds. The normalized spacial score (nSPS) is 12.8. The molecule has 2 nitrogen and oxygen atoms in total. The second-order valence-corrected chi connectivity index (χ2v) is 5.15. The molecular formula is C13H19FO2S. The second-order valence-electron chi connectivity index (χ2n) is 4.01. The van der Waals surface area contributed by atoms with Crippen molar-refractivity contribution in [2.75, 3.05) is 19.5 Å². The third-order valence-corrected chi connectivity index (χ3v) is 3.65. The summed E-state index contributed by atoms with van der Waals surface area (Å²) in [5, 5.41) is 9.62. The summed E-state index contributed by atoms with van der Waals surface area (Å²) in [5.41, 5.74) is 1.28. The van der Waals surface area contributed by atoms with Crippen molar-refractivity contribution in [1.29, 1.82) is 0 Å². The zero-order valence-corrected chi connectivity index (χ0v) is 11.3. The van der Waals surface area contributed by atoms with Crippen LogP contribution >= 0.6 is 11.8 Å². The Balaban J connectivity index is 2.78. The van der Waals surface area contributed by atoms with Gasteiger partial charge in [0, 0.05) is 24.4 Å². The molecule has 4 heteroatoms. The minimum absolute atomic E-state index is 0.262. The monoisotopic (exact) mass is 258 g/mol. The van der Waals surface area contributed by atoms with E-state index in [0.717, 1.165) is 23.7 Å². The lowest BCUT2D eigenvalue weighted by Crippen LogP contribution is -1.98. The fraction of sp³-hybridized carbons (Fsp3) is 0.538. The van der Waals surface area contributed by atoms with Gasteiger partial charge in [-0.3, -0.25) is 0 Å². The van der Waals surface area contributed by atoms with Crippen molar-refractivity contribution in [3.63, 3.8) is 0 Å². The average molecular weight is 258 g/mol. The topological polar surface area (TPSA) is 29.5 Å². The van der Waals surface area contributed by atoms with E-state index in [2.05, 4.69) is 0 Å². The lowest BCUT2D eigenvalue weighted by Gasteiger charge is -2.13. The molecule has 1 aromatic rings. The summed E-state index contributed by atoms with van der Waals surface area (Å²) in [6, 6.07) is 3.23. The summed E-state index contributed by atoms with van der Waals surface area (Å²) < 4.78 is 18.4. The van der Waals surface area contributed by atoms with Crippen LogP contribution in [0.25, 0.3) is 0 Å². The molecule has 0 aliphatic carbocycles. The number of methoxy groups -OCH3 is 1. The summed E-state index contributed by atoms with van der Waals surface area (Å²) in [5.74, 6) is 0.640. The number of rotatable bonds is 6. The summed E-state index contributed by atoms with van der Waals surface area (Å²) in [7, 11) is 1.67. The first-order valence-electron chi connectivity index (χ1n) is 5.66. The number of hydrogen-bond donors (Lipinski definition) is 1. The Morgan fingerprint density at radius 3 is 2.76 bits per heavy atom. The minimum atomic E-state index is -0.643. The molecule has 0 heterocycles. The zero-order chi connectivity index (χ0) is 12.8. The molecule has 0 fully saturated rings. The van der Waals surface area contributed by atoms with Crippen molar-refractivity contribution < 1.29 is 14.2 Å². The maximum Gasteiger partial charge on any atom is 0.126 e. The number of halogens is 1. The van der Waals surface area contributed by atoms with E-state index in [9.17, 15) is 9.50 Å². The SMILES string of the molecule is COCCCSc1cc(C)c(F)cc1[C@H](C)O. The van der Waals surface area contributed by atoms with E-state index < -0.39 is 6.10 Å². The fourth-order valence-corrected chi connectivity index (χ4v) is 2.65. The van der Waals surface area contributed by atoms with Crippen LogP contribution in [0.1, 0.15) is 30.6 Å². The lowest BCUT2D eigenvalue weighted by molar-refractivity contribution is 0.195. The quantitative estimate of drug-likeness (QED) is 0.627. The smallest absolute Gasteiger partial charge is 0.126 e. The van der Waals surface area contributed by atoms with Crippen LogP contribution in [-0.4, -0.2) is 24.6 Å². The molecule has 0 saturated heterocycles. The molecule has 0 aliphatic heterocycles. The molecule has 1 aromatic carbocycles. The van der Waals surface area contributed by atoms with Gasteiger partial charge in [-0.25, -0.2) is 4.39 Å². The van der Waals surface area contributed by atoms with Crippen LogP contribution in [0.3, 0.4) is 0 Å². The second kappa shape index (κ2) is 6.99. The van der Waals surface area contributed by atoms with Crippen LogP contribution in [-0.2, 0) is 4.74 Å². The van der Waals surface area contributed by atoms with E-state index in [-0.39, 0.29) is 5.82 Å². The van der Waals surface area contributed by atoms with Gasteiger partial charge in [-0.05, 0) is 43.5 Å². The summed E-state index contributed by atoms with van der Waals surface area (Å²) in [4.78, 5) is 0.954. The Labute approximate surface area is 106 Å². The van der Waals surface area contributed by atoms with Gasteiger partial charge < -0.3 is 9.84 Å². The largest absolute Gasteiger partial charge is 0.389 e. The summed E-state index contributed by atoms with van der Waals surface area (Å²) in [6.45, 7) is 4.11. The van der Waals surface area contributed by atoms with Gasteiger partial charge in [0.05, 0.1) is 6.10 Å². The van der Waals surface area contributed by atoms with Crippen molar-refractivity contribution >= 4 is 11.8 Å². The van der Waals surface area contributed by atoms with Gasteiger partial charge in [-0.1, -0.05) is 0 Å². The molecule has 96 valence electrons. The Bertz CT molecular complexity index is 367. The minimum Gasteiger partial charge on any atom is -0.389 e. The Kier molecular flexibility index (Phi) is 5.95. The highest BCUT2D eigenvalue weighted by atomic mass is 32.2. The molecule has 0 spiro atoms. The number of aliphatic hydroxyl groups excluding tert-OH is 1. The number of aliphatic hydroxyl groups is 1. The van der Waals surface area contributed by atoms with E-state index in [1.165, 1.54) is 6.07 Å². The first-order valence-corrected chi connectivity index (χ1v) is 6.64. The molecule has 1 atom stereocenters. The molecule has 1 N–H and O–H groups in total. The molecular weight excluding hydrogens is 239 g/mol. The van der Waals surface area contributed by atoms with Crippen LogP contribution in [0.4, 0.5) is 4.39 Å². The van der Waals surface area contributed by atoms with Crippen LogP contribution in [0, 0.1) is 12.7 Å². The summed E-state index contributed by atoms with van der Waals surface area (Å²) in [6.07, 6.45) is 0.298. The third kappa shape index (κ3) is 4.30. The number of ether oxygens (including phenoxy) is 1. The molecule has 0 saturated carbocycles. The van der Waals surface area contributed by atoms with Gasteiger partial charge in [0.1, 0.15) is 5.82 Å². The first-order chi connectivity index (χ1) is 8.06. The van der Waals surface area contributed by atoms with E-state index in [4.69, 9.17) is 4.74 Å². The van der Waals surface area contributed by atoms with Gasteiger partial charge in [0.2, 0.25) is 0 Å². The maximum atomic E-state index is 13.4. The van der Waals surface area contributed by atoms with Gasteiger partial charge in [-0.15, -0.1) is 11.8 Å². The Morgan fingerprint density at radius 2 is 2.18 bits per heavy atom. The van der Waals surface area contributed by atoms with Crippen LogP contribution in [0.5, 0.6) is 0 Å². The average Bonchev–Trinajstić information content (AvgIpc) is 2.28. The van der Waals surface area contributed by atoms with E-state index in [0.29, 0.717) is 11.1 Å². The van der Waals surface area contributed by atoms with Crippen molar-refractivity contribution in [2.45, 2.75) is 31.3 Å². The van der Waals surface area contributed by atoms with Gasteiger partial charge in [-0.2, -0.15) is 0 Å². The number of aryl methyl sites for hydroxylation is 1. The maximum absolute atomic E-state index is 13.4. The van der Waals surface area contributed by atoms with Gasteiger partial charge in [0.15, 0.2) is 0 Å². The number of hydrogen-bond acceptors (Lipinski definition) is 3. The van der Waals surface area contributed by atoms with Crippen molar-refractivity contribution in [3.8, 4) is 0 Å². The van der Waals surface area contributed by atoms with Gasteiger partial charge in [0.25, 0.3) is 0 Å². The van der Waals surface area contributed by atoms with E-state index >= 15 is 0 Å². The predicted molar refractivity (Wildman–Crippen MR) is 69.0 cm³/mol. The van der Waals surface area contributed by atoms with E-state index in [1.807, 2.05) is 0 Å². The fourth-order valence-electron chi connectivity index (χ4n) is 1.51.